The lowest BCUT2D eigenvalue weighted by atomic mass is 10.4. The van der Waals surface area contributed by atoms with Gasteiger partial charge in [0.25, 0.3) is 0 Å². The van der Waals surface area contributed by atoms with Gasteiger partial charge < -0.3 is 15.4 Å². The third kappa shape index (κ3) is 3.99. The molecule has 0 aliphatic heterocycles. The highest BCUT2D eigenvalue weighted by atomic mass is 16.5. The van der Waals surface area contributed by atoms with Crippen LogP contribution in [-0.2, 0) is 4.74 Å². The monoisotopic (exact) mass is 226 g/mol. The minimum Gasteiger partial charge on any atom is -0.450 e. The fourth-order valence-electron chi connectivity index (χ4n) is 0.975. The summed E-state index contributed by atoms with van der Waals surface area (Å²) in [6.07, 6.45) is 4.58. The summed E-state index contributed by atoms with van der Waals surface area (Å²) in [5.74, 6) is 0. The molecule has 2 amide bonds. The Morgan fingerprint density at radius 2 is 2.31 bits per heavy atom. The molecule has 0 fully saturated rings. The van der Waals surface area contributed by atoms with E-state index in [9.17, 15) is 9.59 Å². The lowest BCUT2D eigenvalue weighted by molar-refractivity contribution is 0.147. The molecule has 2 N–H and O–H groups in total. The number of amides is 2. The van der Waals surface area contributed by atoms with Gasteiger partial charge in [-0.05, 0) is 6.42 Å². The summed E-state index contributed by atoms with van der Waals surface area (Å²) in [6.45, 7) is 0.706. The molecule has 7 heteroatoms. The fraction of sp³-hybridized carbons (Fsp3) is 0.444. The number of nitrogens with one attached hydrogen (secondary N) is 2. The van der Waals surface area contributed by atoms with Crippen LogP contribution in [0.25, 0.3) is 0 Å². The number of hydrogen-bond acceptors (Lipinski definition) is 4. The van der Waals surface area contributed by atoms with E-state index in [1.165, 1.54) is 24.1 Å². The van der Waals surface area contributed by atoms with E-state index in [0.29, 0.717) is 13.0 Å². The zero-order chi connectivity index (χ0) is 11.8. The van der Waals surface area contributed by atoms with E-state index >= 15 is 0 Å². The van der Waals surface area contributed by atoms with E-state index in [0.717, 1.165) is 0 Å². The van der Waals surface area contributed by atoms with E-state index in [1.54, 1.807) is 6.20 Å². The first kappa shape index (κ1) is 12.0. The molecule has 88 valence electrons. The molecular formula is C9H14N4O3. The smallest absolute Gasteiger partial charge is 0.406 e. The minimum atomic E-state index is -0.471. The molecule has 1 aromatic rings. The first-order chi connectivity index (χ1) is 7.74. The quantitative estimate of drug-likeness (QED) is 0.717. The van der Waals surface area contributed by atoms with Crippen molar-refractivity contribution in [1.29, 1.82) is 0 Å². The van der Waals surface area contributed by atoms with E-state index in [-0.39, 0.29) is 12.6 Å². The van der Waals surface area contributed by atoms with E-state index in [1.807, 2.05) is 0 Å². The molecule has 0 aliphatic carbocycles. The number of hydrogen-bond donors (Lipinski definition) is 2. The fourth-order valence-corrected chi connectivity index (χ4v) is 0.975. The summed E-state index contributed by atoms with van der Waals surface area (Å²) in [5, 5.41) is 4.98. The molecule has 0 saturated carbocycles. The highest BCUT2D eigenvalue weighted by Gasteiger charge is 2.02. The topological polar surface area (TPSA) is 85.3 Å². The van der Waals surface area contributed by atoms with Gasteiger partial charge in [-0.25, -0.2) is 14.6 Å². The zero-order valence-corrected chi connectivity index (χ0v) is 8.97. The average Bonchev–Trinajstić information content (AvgIpc) is 2.81. The molecule has 16 heavy (non-hydrogen) atoms. The molecule has 0 bridgehead atoms. The Bertz CT molecular complexity index is 337. The molecule has 0 saturated heterocycles. The predicted molar refractivity (Wildman–Crippen MR) is 56.0 cm³/mol. The third-order valence-corrected chi connectivity index (χ3v) is 1.77. The maximum Gasteiger partial charge on any atom is 0.406 e. The second kappa shape index (κ2) is 6.44. The molecule has 1 heterocycles. The van der Waals surface area contributed by atoms with Crippen LogP contribution in [0.2, 0.25) is 0 Å². The molecule has 1 rings (SSSR count). The Balaban J connectivity index is 2.08. The lowest BCUT2D eigenvalue weighted by Gasteiger charge is -2.05. The van der Waals surface area contributed by atoms with Crippen LogP contribution in [0.15, 0.2) is 18.7 Å². The van der Waals surface area contributed by atoms with Crippen LogP contribution < -0.4 is 10.6 Å². The van der Waals surface area contributed by atoms with Crippen LogP contribution >= 0.6 is 0 Å². The molecule has 0 unspecified atom stereocenters. The van der Waals surface area contributed by atoms with Gasteiger partial charge in [-0.15, -0.1) is 0 Å². The van der Waals surface area contributed by atoms with Gasteiger partial charge in [0.05, 0.1) is 6.61 Å². The number of imidazole rings is 1. The SMILES string of the molecule is CNC(=O)OCCCNC(=O)n1ccnc1. The van der Waals surface area contributed by atoms with E-state index in [2.05, 4.69) is 15.6 Å². The summed E-state index contributed by atoms with van der Waals surface area (Å²) in [6, 6.07) is -0.252. The van der Waals surface area contributed by atoms with E-state index < -0.39 is 6.09 Å². The summed E-state index contributed by atoms with van der Waals surface area (Å²) < 4.78 is 6.08. The Morgan fingerprint density at radius 3 is 2.94 bits per heavy atom. The van der Waals surface area contributed by atoms with Gasteiger partial charge >= 0.3 is 12.1 Å². The molecule has 0 spiro atoms. The summed E-state index contributed by atoms with van der Waals surface area (Å²) in [4.78, 5) is 25.8. The maximum atomic E-state index is 11.4. The number of carbonyl (C=O) groups is 2. The van der Waals surface area contributed by atoms with Crippen LogP contribution in [-0.4, -0.2) is 41.9 Å². The van der Waals surface area contributed by atoms with Crippen molar-refractivity contribution >= 4 is 12.1 Å². The molecule has 0 aliphatic rings. The van der Waals surface area contributed by atoms with Gasteiger partial charge in [0.15, 0.2) is 0 Å². The lowest BCUT2D eigenvalue weighted by Crippen LogP contribution is -2.29. The van der Waals surface area contributed by atoms with Crippen LogP contribution in [0.3, 0.4) is 0 Å². The predicted octanol–water partition coefficient (Wildman–Crippen LogP) is 0.187. The van der Waals surface area contributed by atoms with Crippen molar-refractivity contribution in [2.75, 3.05) is 20.2 Å². The summed E-state index contributed by atoms with van der Waals surface area (Å²) >= 11 is 0. The number of rotatable bonds is 4. The van der Waals surface area contributed by atoms with Crippen LogP contribution in [0, 0.1) is 0 Å². The van der Waals surface area contributed by atoms with Crippen LogP contribution in [0.5, 0.6) is 0 Å². The number of ether oxygens (including phenoxy) is 1. The summed E-state index contributed by atoms with van der Waals surface area (Å²) in [7, 11) is 1.49. The Morgan fingerprint density at radius 1 is 1.50 bits per heavy atom. The van der Waals surface area contributed by atoms with Crippen molar-refractivity contribution in [1.82, 2.24) is 20.2 Å². The maximum absolute atomic E-state index is 11.4. The number of alkyl carbamates (subject to hydrolysis) is 1. The summed E-state index contributed by atoms with van der Waals surface area (Å²) in [5.41, 5.74) is 0. The van der Waals surface area contributed by atoms with E-state index in [4.69, 9.17) is 4.74 Å². The second-order valence-electron chi connectivity index (χ2n) is 2.94. The molecule has 0 radical (unpaired) electrons. The van der Waals surface area contributed by atoms with Crippen molar-refractivity contribution < 1.29 is 14.3 Å². The highest BCUT2D eigenvalue weighted by Crippen LogP contribution is 1.86. The van der Waals surface area contributed by atoms with Gasteiger partial charge in [-0.3, -0.25) is 4.57 Å². The minimum absolute atomic E-state index is 0.252. The van der Waals surface area contributed by atoms with Gasteiger partial charge in [-0.2, -0.15) is 0 Å². The van der Waals surface area contributed by atoms with Crippen molar-refractivity contribution in [3.05, 3.63) is 18.7 Å². The standard InChI is InChI=1S/C9H14N4O3/c1-10-9(15)16-6-2-3-12-8(14)13-5-4-11-7-13/h4-5,7H,2-3,6H2,1H3,(H,10,15)(H,12,14). The molecule has 1 aromatic heterocycles. The van der Waals surface area contributed by atoms with Crippen molar-refractivity contribution in [2.24, 2.45) is 0 Å². The Hall–Kier alpha value is -2.05. The molecule has 0 aromatic carbocycles. The average molecular weight is 226 g/mol. The largest absolute Gasteiger partial charge is 0.450 e. The zero-order valence-electron chi connectivity index (χ0n) is 8.97. The number of aromatic nitrogens is 2. The van der Waals surface area contributed by atoms with Gasteiger partial charge in [-0.1, -0.05) is 0 Å². The van der Waals surface area contributed by atoms with Crippen molar-refractivity contribution in [3.63, 3.8) is 0 Å². The van der Waals surface area contributed by atoms with Crippen LogP contribution in [0.4, 0.5) is 9.59 Å². The van der Waals surface area contributed by atoms with Crippen LogP contribution in [0.1, 0.15) is 6.42 Å². The molecular weight excluding hydrogens is 212 g/mol. The highest BCUT2D eigenvalue weighted by molar-refractivity contribution is 5.76. The molecule has 7 nitrogen and oxygen atoms in total. The first-order valence-electron chi connectivity index (χ1n) is 4.84. The van der Waals surface area contributed by atoms with Crippen molar-refractivity contribution in [3.8, 4) is 0 Å². The van der Waals surface area contributed by atoms with Gasteiger partial charge in [0.2, 0.25) is 0 Å². The van der Waals surface area contributed by atoms with Gasteiger partial charge in [0.1, 0.15) is 6.33 Å². The number of nitrogens with zero attached hydrogens (tertiary/aromatic N) is 2. The van der Waals surface area contributed by atoms with Crippen molar-refractivity contribution in [2.45, 2.75) is 6.42 Å². The normalized spacial score (nSPS) is 9.56. The Kier molecular flexibility index (Phi) is 4.84. The number of carbonyl (C=O) groups excluding carboxylic acids is 2. The second-order valence-corrected chi connectivity index (χ2v) is 2.94. The first-order valence-corrected chi connectivity index (χ1v) is 4.84. The van der Waals surface area contributed by atoms with Gasteiger partial charge in [0, 0.05) is 26.0 Å². The molecule has 0 atom stereocenters. The third-order valence-electron chi connectivity index (χ3n) is 1.77. The Labute approximate surface area is 92.8 Å².